The zero-order valence-corrected chi connectivity index (χ0v) is 4.73. The Labute approximate surface area is 49.1 Å². The van der Waals surface area contributed by atoms with E-state index in [-0.39, 0.29) is 6.67 Å². The van der Waals surface area contributed by atoms with Gasteiger partial charge >= 0.3 is 0 Å². The van der Waals surface area contributed by atoms with Crippen LogP contribution in [0.4, 0.5) is 4.39 Å². The van der Waals surface area contributed by atoms with Gasteiger partial charge in [-0.3, -0.25) is 4.39 Å². The molecule has 2 heteroatoms. The molecule has 0 aromatic carbocycles. The highest BCUT2D eigenvalue weighted by Gasteiger charge is 1.85. The fraction of sp³-hybridized carbons (Fsp3) is 0.667. The summed E-state index contributed by atoms with van der Waals surface area (Å²) in [4.78, 5) is 0. The molecule has 8 heavy (non-hydrogen) atoms. The number of halogens is 1. The molecule has 0 aliphatic rings. The van der Waals surface area contributed by atoms with Crippen LogP contribution in [0.3, 0.4) is 0 Å². The van der Waals surface area contributed by atoms with Gasteiger partial charge in [-0.05, 0) is 19.3 Å². The lowest BCUT2D eigenvalue weighted by Crippen LogP contribution is -1.77. The molecular formula is C6H9FN. The van der Waals surface area contributed by atoms with Crippen molar-refractivity contribution in [3.8, 4) is 6.07 Å². The molecule has 0 aliphatic carbocycles. The zero-order valence-electron chi connectivity index (χ0n) is 4.73. The van der Waals surface area contributed by atoms with Crippen molar-refractivity contribution in [1.29, 1.82) is 5.26 Å². The largest absolute Gasteiger partial charge is 0.251 e. The Kier molecular flexibility index (Phi) is 5.95. The smallest absolute Gasteiger partial charge is 0.0894 e. The summed E-state index contributed by atoms with van der Waals surface area (Å²) in [6.07, 6.45) is 3.52. The number of nitrogens with zero attached hydrogens (tertiary/aromatic N) is 1. The van der Waals surface area contributed by atoms with Gasteiger partial charge in [0.1, 0.15) is 0 Å². The van der Waals surface area contributed by atoms with Gasteiger partial charge in [0.15, 0.2) is 0 Å². The predicted molar refractivity (Wildman–Crippen MR) is 29.7 cm³/mol. The molecule has 1 nitrogen and oxygen atoms in total. The summed E-state index contributed by atoms with van der Waals surface area (Å²) >= 11 is 0. The second-order valence-electron chi connectivity index (χ2n) is 1.48. The summed E-state index contributed by atoms with van der Waals surface area (Å²) < 4.78 is 11.3. The quantitative estimate of drug-likeness (QED) is 0.512. The Morgan fingerprint density at radius 2 is 2.38 bits per heavy atom. The number of alkyl halides is 1. The highest BCUT2D eigenvalue weighted by atomic mass is 19.1. The monoisotopic (exact) mass is 114 g/mol. The van der Waals surface area contributed by atoms with Crippen LogP contribution in [0.5, 0.6) is 0 Å². The first-order chi connectivity index (χ1) is 3.91. The molecule has 0 fully saturated rings. The molecule has 0 atom stereocenters. The molecule has 0 aromatic heterocycles. The van der Waals surface area contributed by atoms with Crippen LogP contribution >= 0.6 is 0 Å². The molecule has 0 heterocycles. The molecule has 1 radical (unpaired) electrons. The Balaban J connectivity index is 2.65. The van der Waals surface area contributed by atoms with Crippen molar-refractivity contribution >= 4 is 0 Å². The third-order valence-corrected chi connectivity index (χ3v) is 0.778. The molecule has 0 amide bonds. The van der Waals surface area contributed by atoms with Crippen LogP contribution in [0.1, 0.15) is 19.3 Å². The van der Waals surface area contributed by atoms with Gasteiger partial charge in [0.2, 0.25) is 0 Å². The standard InChI is InChI=1S/C6H9FN/c7-5-3-1-2-4-6-8/h2H,1,3-5H2. The van der Waals surface area contributed by atoms with Crippen LogP contribution in [-0.4, -0.2) is 6.67 Å². The summed E-state index contributed by atoms with van der Waals surface area (Å²) in [6.45, 7) is -0.276. The summed E-state index contributed by atoms with van der Waals surface area (Å²) in [7, 11) is 0. The SMILES string of the molecule is N#CC[CH]CCCF. The third-order valence-electron chi connectivity index (χ3n) is 0.778. The maximum absolute atomic E-state index is 11.3. The second kappa shape index (κ2) is 6.42. The van der Waals surface area contributed by atoms with E-state index in [1.165, 1.54) is 0 Å². The van der Waals surface area contributed by atoms with Crippen LogP contribution in [0.25, 0.3) is 0 Å². The molecule has 0 saturated carbocycles. The van der Waals surface area contributed by atoms with Crippen LogP contribution in [0.15, 0.2) is 0 Å². The first-order valence-electron chi connectivity index (χ1n) is 2.66. The van der Waals surface area contributed by atoms with E-state index in [0.717, 1.165) is 6.42 Å². The molecule has 0 aliphatic heterocycles. The fourth-order valence-corrected chi connectivity index (χ4v) is 0.388. The lowest BCUT2D eigenvalue weighted by molar-refractivity contribution is 0.471. The van der Waals surface area contributed by atoms with E-state index in [4.69, 9.17) is 5.26 Å². The number of rotatable bonds is 4. The topological polar surface area (TPSA) is 23.8 Å². The molecular weight excluding hydrogens is 105 g/mol. The average Bonchev–Trinajstić information content (AvgIpc) is 1.81. The van der Waals surface area contributed by atoms with Crippen molar-refractivity contribution in [2.75, 3.05) is 6.67 Å². The minimum Gasteiger partial charge on any atom is -0.251 e. The molecule has 0 aromatic rings. The lowest BCUT2D eigenvalue weighted by Gasteiger charge is -1.87. The van der Waals surface area contributed by atoms with E-state index in [9.17, 15) is 4.39 Å². The number of nitriles is 1. The van der Waals surface area contributed by atoms with Gasteiger partial charge in [0.05, 0.1) is 12.7 Å². The molecule has 0 N–H and O–H groups in total. The molecule has 0 bridgehead atoms. The van der Waals surface area contributed by atoms with Gasteiger partial charge in [-0.15, -0.1) is 0 Å². The van der Waals surface area contributed by atoms with Gasteiger partial charge < -0.3 is 0 Å². The summed E-state index contributed by atoms with van der Waals surface area (Å²) in [5.41, 5.74) is 0. The number of hydrogen-bond donors (Lipinski definition) is 0. The van der Waals surface area contributed by atoms with Gasteiger partial charge in [-0.1, -0.05) is 0 Å². The van der Waals surface area contributed by atoms with Crippen molar-refractivity contribution in [3.05, 3.63) is 6.42 Å². The molecule has 0 spiro atoms. The molecule has 0 rings (SSSR count). The second-order valence-corrected chi connectivity index (χ2v) is 1.48. The molecule has 0 unspecified atom stereocenters. The number of unbranched alkanes of at least 4 members (excludes halogenated alkanes) is 3. The van der Waals surface area contributed by atoms with Crippen molar-refractivity contribution in [2.24, 2.45) is 0 Å². The Morgan fingerprint density at radius 1 is 1.62 bits per heavy atom. The van der Waals surface area contributed by atoms with Gasteiger partial charge in [0, 0.05) is 6.42 Å². The first-order valence-corrected chi connectivity index (χ1v) is 2.66. The van der Waals surface area contributed by atoms with Crippen LogP contribution in [-0.2, 0) is 0 Å². The van der Waals surface area contributed by atoms with E-state index in [1.807, 2.05) is 6.07 Å². The van der Waals surface area contributed by atoms with Crippen molar-refractivity contribution < 1.29 is 4.39 Å². The van der Waals surface area contributed by atoms with Gasteiger partial charge in [0.25, 0.3) is 0 Å². The molecule has 0 saturated heterocycles. The Bertz CT molecular complexity index is 75.1. The van der Waals surface area contributed by atoms with Crippen LogP contribution < -0.4 is 0 Å². The minimum atomic E-state index is -0.276. The summed E-state index contributed by atoms with van der Waals surface area (Å²) in [6, 6.07) is 1.95. The van der Waals surface area contributed by atoms with Crippen molar-refractivity contribution in [1.82, 2.24) is 0 Å². The Hall–Kier alpha value is -0.580. The van der Waals surface area contributed by atoms with E-state index < -0.39 is 0 Å². The fourth-order valence-electron chi connectivity index (χ4n) is 0.388. The maximum atomic E-state index is 11.3. The lowest BCUT2D eigenvalue weighted by atomic mass is 10.2. The van der Waals surface area contributed by atoms with E-state index in [0.29, 0.717) is 12.8 Å². The van der Waals surface area contributed by atoms with E-state index >= 15 is 0 Å². The minimum absolute atomic E-state index is 0.276. The molecule has 45 valence electrons. The zero-order chi connectivity index (χ0) is 6.24. The maximum Gasteiger partial charge on any atom is 0.0894 e. The summed E-state index contributed by atoms with van der Waals surface area (Å²) in [5, 5.41) is 7.99. The van der Waals surface area contributed by atoms with Crippen molar-refractivity contribution in [3.63, 3.8) is 0 Å². The normalized spacial score (nSPS) is 8.50. The predicted octanol–water partition coefficient (Wildman–Crippen LogP) is 1.85. The van der Waals surface area contributed by atoms with Crippen molar-refractivity contribution in [2.45, 2.75) is 19.3 Å². The van der Waals surface area contributed by atoms with Gasteiger partial charge in [-0.2, -0.15) is 5.26 Å². The van der Waals surface area contributed by atoms with Crippen LogP contribution in [0, 0.1) is 17.8 Å². The first kappa shape index (κ1) is 7.42. The number of hydrogen-bond acceptors (Lipinski definition) is 1. The highest BCUT2D eigenvalue weighted by Crippen LogP contribution is 1.96. The summed E-state index contributed by atoms with van der Waals surface area (Å²) in [5.74, 6) is 0. The Morgan fingerprint density at radius 3 is 2.88 bits per heavy atom. The van der Waals surface area contributed by atoms with Crippen LogP contribution in [0.2, 0.25) is 0 Å². The van der Waals surface area contributed by atoms with E-state index in [2.05, 4.69) is 0 Å². The highest BCUT2D eigenvalue weighted by molar-refractivity contribution is 4.80. The van der Waals surface area contributed by atoms with E-state index in [1.54, 1.807) is 6.42 Å². The van der Waals surface area contributed by atoms with Gasteiger partial charge in [-0.25, -0.2) is 0 Å². The average molecular weight is 114 g/mol. The third kappa shape index (κ3) is 5.42.